The van der Waals surface area contributed by atoms with Crippen molar-refractivity contribution in [2.24, 2.45) is 0 Å². The van der Waals surface area contributed by atoms with E-state index < -0.39 is 0 Å². The number of carbonyl (C=O) groups excluding carboxylic acids is 1. The van der Waals surface area contributed by atoms with Crippen LogP contribution in [0.4, 0.5) is 5.82 Å². The molecule has 6 nitrogen and oxygen atoms in total. The van der Waals surface area contributed by atoms with Crippen LogP contribution in [0.25, 0.3) is 0 Å². The van der Waals surface area contributed by atoms with Crippen LogP contribution in [0.3, 0.4) is 0 Å². The lowest BCUT2D eigenvalue weighted by Crippen LogP contribution is -2.22. The van der Waals surface area contributed by atoms with Gasteiger partial charge in [-0.1, -0.05) is 0 Å². The number of anilines is 1. The molecule has 7 heteroatoms. The maximum absolute atomic E-state index is 11.4. The fraction of sp³-hybridized carbons (Fsp3) is 0.333. The van der Waals surface area contributed by atoms with Crippen LogP contribution < -0.4 is 10.2 Å². The third kappa shape index (κ3) is 3.25. The predicted octanol–water partition coefficient (Wildman–Crippen LogP) is 1.24. The molecule has 0 radical (unpaired) electrons. The summed E-state index contributed by atoms with van der Waals surface area (Å²) in [6, 6.07) is 3.43. The summed E-state index contributed by atoms with van der Waals surface area (Å²) in [6.45, 7) is 2.64. The summed E-state index contributed by atoms with van der Waals surface area (Å²) in [6.07, 6.45) is 0. The molecule has 100 valence electrons. The lowest BCUT2D eigenvalue weighted by molar-refractivity contribution is 0.0957. The molecule has 1 amide bonds. The maximum Gasteiger partial charge on any atom is 0.271 e. The second-order valence-electron chi connectivity index (χ2n) is 4.09. The minimum atomic E-state index is -0.239. The number of thiazole rings is 1. The van der Waals surface area contributed by atoms with Gasteiger partial charge in [0, 0.05) is 25.2 Å². The molecule has 0 aliphatic heterocycles. The van der Waals surface area contributed by atoms with E-state index in [4.69, 9.17) is 0 Å². The Morgan fingerprint density at radius 3 is 2.74 bits per heavy atom. The van der Waals surface area contributed by atoms with Gasteiger partial charge in [-0.05, 0) is 19.1 Å². The Morgan fingerprint density at radius 2 is 2.21 bits per heavy atom. The highest BCUT2D eigenvalue weighted by Gasteiger charge is 2.09. The molecule has 0 fully saturated rings. The highest BCUT2D eigenvalue weighted by molar-refractivity contribution is 7.09. The molecule has 2 rings (SSSR count). The molecule has 19 heavy (non-hydrogen) atoms. The molecule has 0 unspecified atom stereocenters. The standard InChI is InChI=1S/C12H15N5OS/c1-8-7-19-11(14-8)6-17(3)10-5-4-9(15-16-10)12(18)13-2/h4-5,7H,6H2,1-3H3,(H,13,18). The van der Waals surface area contributed by atoms with Gasteiger partial charge in [0.05, 0.1) is 6.54 Å². The quantitative estimate of drug-likeness (QED) is 0.910. The summed E-state index contributed by atoms with van der Waals surface area (Å²) >= 11 is 1.62. The molecule has 0 saturated carbocycles. The van der Waals surface area contributed by atoms with Crippen LogP contribution in [0.5, 0.6) is 0 Å². The number of aryl methyl sites for hydroxylation is 1. The zero-order valence-electron chi connectivity index (χ0n) is 11.0. The Hall–Kier alpha value is -2.02. The zero-order valence-corrected chi connectivity index (χ0v) is 11.9. The Kier molecular flexibility index (Phi) is 4.06. The van der Waals surface area contributed by atoms with E-state index in [1.54, 1.807) is 30.5 Å². The van der Waals surface area contributed by atoms with Crippen molar-refractivity contribution in [1.29, 1.82) is 0 Å². The van der Waals surface area contributed by atoms with Crippen molar-refractivity contribution < 1.29 is 4.79 Å². The minimum Gasteiger partial charge on any atom is -0.354 e. The van der Waals surface area contributed by atoms with Crippen LogP contribution in [-0.2, 0) is 6.54 Å². The van der Waals surface area contributed by atoms with E-state index in [9.17, 15) is 4.79 Å². The van der Waals surface area contributed by atoms with Crippen LogP contribution in [0, 0.1) is 6.92 Å². The Balaban J connectivity index is 2.07. The number of nitrogens with one attached hydrogen (secondary N) is 1. The summed E-state index contributed by atoms with van der Waals surface area (Å²) in [4.78, 5) is 17.7. The maximum atomic E-state index is 11.4. The average Bonchev–Trinajstić information content (AvgIpc) is 2.83. The van der Waals surface area contributed by atoms with Crippen molar-refractivity contribution in [2.75, 3.05) is 19.0 Å². The highest BCUT2D eigenvalue weighted by Crippen LogP contribution is 2.15. The largest absolute Gasteiger partial charge is 0.354 e. The number of hydrogen-bond donors (Lipinski definition) is 1. The van der Waals surface area contributed by atoms with Crippen molar-refractivity contribution >= 4 is 23.1 Å². The van der Waals surface area contributed by atoms with Gasteiger partial charge in [0.25, 0.3) is 5.91 Å². The molecule has 0 saturated heterocycles. The third-order valence-electron chi connectivity index (χ3n) is 2.54. The van der Waals surface area contributed by atoms with Gasteiger partial charge in [-0.2, -0.15) is 0 Å². The number of carbonyl (C=O) groups is 1. The van der Waals surface area contributed by atoms with E-state index in [-0.39, 0.29) is 5.91 Å². The van der Waals surface area contributed by atoms with Crippen molar-refractivity contribution in [1.82, 2.24) is 20.5 Å². The molecule has 0 aliphatic rings. The van der Waals surface area contributed by atoms with Crippen LogP contribution in [0.15, 0.2) is 17.5 Å². The lowest BCUT2D eigenvalue weighted by Gasteiger charge is -2.15. The van der Waals surface area contributed by atoms with Crippen LogP contribution >= 0.6 is 11.3 Å². The fourth-order valence-corrected chi connectivity index (χ4v) is 2.36. The van der Waals surface area contributed by atoms with Crippen molar-refractivity contribution in [2.45, 2.75) is 13.5 Å². The molecule has 1 N–H and O–H groups in total. The minimum absolute atomic E-state index is 0.239. The van der Waals surface area contributed by atoms with E-state index >= 15 is 0 Å². The monoisotopic (exact) mass is 277 g/mol. The van der Waals surface area contributed by atoms with Gasteiger partial charge >= 0.3 is 0 Å². The summed E-state index contributed by atoms with van der Waals surface area (Å²) < 4.78 is 0. The molecule has 2 heterocycles. The first-order chi connectivity index (χ1) is 9.10. The number of hydrogen-bond acceptors (Lipinski definition) is 6. The van der Waals surface area contributed by atoms with E-state index in [1.807, 2.05) is 24.3 Å². The van der Waals surface area contributed by atoms with Crippen LogP contribution in [0.2, 0.25) is 0 Å². The molecule has 0 spiro atoms. The van der Waals surface area contributed by atoms with E-state index in [0.717, 1.165) is 10.7 Å². The van der Waals surface area contributed by atoms with Gasteiger partial charge in [-0.25, -0.2) is 4.98 Å². The molecule has 0 aromatic carbocycles. The third-order valence-corrected chi connectivity index (χ3v) is 3.49. The molecule has 0 bridgehead atoms. The smallest absolute Gasteiger partial charge is 0.271 e. The van der Waals surface area contributed by atoms with Gasteiger partial charge < -0.3 is 10.2 Å². The summed E-state index contributed by atoms with van der Waals surface area (Å²) in [5.41, 5.74) is 1.33. The molecule has 2 aromatic rings. The molecule has 0 atom stereocenters. The fourth-order valence-electron chi connectivity index (χ4n) is 1.54. The molecule has 0 aliphatic carbocycles. The highest BCUT2D eigenvalue weighted by atomic mass is 32.1. The van der Waals surface area contributed by atoms with Crippen LogP contribution in [0.1, 0.15) is 21.2 Å². The van der Waals surface area contributed by atoms with Crippen molar-refractivity contribution in [3.05, 3.63) is 33.9 Å². The zero-order chi connectivity index (χ0) is 13.8. The van der Waals surface area contributed by atoms with E-state index in [0.29, 0.717) is 18.1 Å². The van der Waals surface area contributed by atoms with Gasteiger partial charge in [-0.15, -0.1) is 21.5 Å². The number of aromatic nitrogens is 3. The first-order valence-electron chi connectivity index (χ1n) is 5.78. The molecular formula is C12H15N5OS. The molecular weight excluding hydrogens is 262 g/mol. The SMILES string of the molecule is CNC(=O)c1ccc(N(C)Cc2nc(C)cs2)nn1. The predicted molar refractivity (Wildman–Crippen MR) is 74.4 cm³/mol. The molecule has 2 aromatic heterocycles. The number of amides is 1. The van der Waals surface area contributed by atoms with Crippen molar-refractivity contribution in [3.8, 4) is 0 Å². The average molecular weight is 277 g/mol. The second-order valence-corrected chi connectivity index (χ2v) is 5.04. The Labute approximate surface area is 115 Å². The van der Waals surface area contributed by atoms with Crippen LogP contribution in [-0.4, -0.2) is 35.2 Å². The van der Waals surface area contributed by atoms with E-state index in [1.165, 1.54) is 0 Å². The summed E-state index contributed by atoms with van der Waals surface area (Å²) in [5.74, 6) is 0.470. The topological polar surface area (TPSA) is 71.0 Å². The first-order valence-corrected chi connectivity index (χ1v) is 6.66. The van der Waals surface area contributed by atoms with Crippen molar-refractivity contribution in [3.63, 3.8) is 0 Å². The summed E-state index contributed by atoms with van der Waals surface area (Å²) in [5, 5.41) is 13.5. The van der Waals surface area contributed by atoms with Gasteiger partial charge in [0.15, 0.2) is 11.5 Å². The van der Waals surface area contributed by atoms with Gasteiger partial charge in [0.2, 0.25) is 0 Å². The number of rotatable bonds is 4. The Morgan fingerprint density at radius 1 is 1.42 bits per heavy atom. The lowest BCUT2D eigenvalue weighted by atomic mass is 10.3. The summed E-state index contributed by atoms with van der Waals surface area (Å²) in [7, 11) is 3.48. The Bertz CT molecular complexity index is 566. The first kappa shape index (κ1) is 13.4. The number of nitrogens with zero attached hydrogens (tertiary/aromatic N) is 4. The van der Waals surface area contributed by atoms with Gasteiger partial charge in [-0.3, -0.25) is 4.79 Å². The normalized spacial score (nSPS) is 10.3. The second kappa shape index (κ2) is 5.75. The van der Waals surface area contributed by atoms with Gasteiger partial charge in [0.1, 0.15) is 5.01 Å². The van der Waals surface area contributed by atoms with E-state index in [2.05, 4.69) is 20.5 Å².